The molecule has 1 N–H and O–H groups in total. The zero-order valence-corrected chi connectivity index (χ0v) is 15.0. The van der Waals surface area contributed by atoms with Crippen LogP contribution in [0.2, 0.25) is 0 Å². The summed E-state index contributed by atoms with van der Waals surface area (Å²) in [5, 5.41) is 10.3. The lowest BCUT2D eigenvalue weighted by Crippen LogP contribution is -2.40. The number of aliphatic hydroxyl groups is 1. The molecule has 2 aromatic carbocycles. The first-order valence-corrected chi connectivity index (χ1v) is 8.88. The lowest BCUT2D eigenvalue weighted by atomic mass is 10.1. The molecule has 1 aliphatic heterocycles. The van der Waals surface area contributed by atoms with E-state index in [4.69, 9.17) is 0 Å². The zero-order chi connectivity index (χ0) is 18.5. The van der Waals surface area contributed by atoms with Crippen LogP contribution >= 0.6 is 0 Å². The minimum absolute atomic E-state index is 0.00143. The summed E-state index contributed by atoms with van der Waals surface area (Å²) in [4.78, 5) is 28.4. The van der Waals surface area contributed by atoms with Crippen molar-refractivity contribution in [3.8, 4) is 0 Å². The molecule has 0 radical (unpaired) electrons. The smallest absolute Gasteiger partial charge is 0.254 e. The second kappa shape index (κ2) is 8.15. The highest BCUT2D eigenvalue weighted by Crippen LogP contribution is 2.12. The van der Waals surface area contributed by atoms with Gasteiger partial charge in [0.25, 0.3) is 5.91 Å². The maximum absolute atomic E-state index is 12.7. The molecule has 5 nitrogen and oxygen atoms in total. The first kappa shape index (κ1) is 18.1. The van der Waals surface area contributed by atoms with Gasteiger partial charge in [-0.15, -0.1) is 0 Å². The predicted octanol–water partition coefficient (Wildman–Crippen LogP) is 1.88. The van der Waals surface area contributed by atoms with Crippen molar-refractivity contribution in [2.45, 2.75) is 19.4 Å². The largest absolute Gasteiger partial charge is 0.389 e. The van der Waals surface area contributed by atoms with Crippen LogP contribution in [0, 0.1) is 6.92 Å². The number of hydrogen-bond donors (Lipinski definition) is 1. The zero-order valence-electron chi connectivity index (χ0n) is 15.0. The molecular weight excluding hydrogens is 328 g/mol. The summed E-state index contributed by atoms with van der Waals surface area (Å²) in [7, 11) is 0. The van der Waals surface area contributed by atoms with Crippen molar-refractivity contribution in [3.63, 3.8) is 0 Å². The molecule has 2 amide bonds. The Morgan fingerprint density at radius 2 is 1.77 bits per heavy atom. The Labute approximate surface area is 153 Å². The van der Waals surface area contributed by atoms with Crippen molar-refractivity contribution in [2.24, 2.45) is 0 Å². The molecule has 0 aliphatic carbocycles. The van der Waals surface area contributed by atoms with Gasteiger partial charge in [0.1, 0.15) is 6.54 Å². The van der Waals surface area contributed by atoms with Gasteiger partial charge < -0.3 is 14.9 Å². The summed E-state index contributed by atoms with van der Waals surface area (Å²) in [6, 6.07) is 17.2. The third-order valence-electron chi connectivity index (χ3n) is 4.64. The molecule has 0 bridgehead atoms. The van der Waals surface area contributed by atoms with E-state index < -0.39 is 6.10 Å². The molecule has 136 valence electrons. The molecule has 5 heteroatoms. The van der Waals surface area contributed by atoms with E-state index in [9.17, 15) is 14.7 Å². The highest BCUT2D eigenvalue weighted by molar-refractivity contribution is 5.96. The number of aliphatic hydroxyl groups excluding tert-OH is 1. The first-order valence-electron chi connectivity index (χ1n) is 8.88. The van der Waals surface area contributed by atoms with Gasteiger partial charge in [0.05, 0.1) is 6.10 Å². The van der Waals surface area contributed by atoms with Crippen molar-refractivity contribution in [3.05, 3.63) is 71.3 Å². The molecule has 26 heavy (non-hydrogen) atoms. The summed E-state index contributed by atoms with van der Waals surface area (Å²) >= 11 is 0. The summed E-state index contributed by atoms with van der Waals surface area (Å²) in [5.41, 5.74) is 2.75. The molecule has 1 heterocycles. The molecule has 3 rings (SSSR count). The number of β-amino-alcohol motifs (C(OH)–C–C–N with tert-alkyl or cyclic N) is 1. The molecule has 1 unspecified atom stereocenters. The van der Waals surface area contributed by atoms with Crippen LogP contribution < -0.4 is 0 Å². The van der Waals surface area contributed by atoms with Gasteiger partial charge in [-0.2, -0.15) is 0 Å². The quantitative estimate of drug-likeness (QED) is 0.914. The molecular formula is C21H24N2O3. The van der Waals surface area contributed by atoms with Crippen LogP contribution in [0.4, 0.5) is 0 Å². The lowest BCUT2D eigenvalue weighted by Gasteiger charge is -2.22. The highest BCUT2D eigenvalue weighted by atomic mass is 16.3. The van der Waals surface area contributed by atoms with Crippen molar-refractivity contribution < 1.29 is 14.7 Å². The molecule has 0 saturated carbocycles. The third-order valence-corrected chi connectivity index (χ3v) is 4.64. The molecule has 1 saturated heterocycles. The van der Waals surface area contributed by atoms with E-state index in [2.05, 4.69) is 0 Å². The SMILES string of the molecule is Cc1ccc(C(=O)N2CC(=O)N(CCc3ccccc3)CC(O)C2)cc1. The fourth-order valence-electron chi connectivity index (χ4n) is 3.15. The summed E-state index contributed by atoms with van der Waals surface area (Å²) in [5.74, 6) is -0.347. The monoisotopic (exact) mass is 352 g/mol. The normalized spacial score (nSPS) is 17.9. The number of carbonyl (C=O) groups excluding carboxylic acids is 2. The standard InChI is InChI=1S/C21H24N2O3/c1-16-7-9-18(10-8-16)21(26)23-14-19(24)13-22(20(25)15-23)12-11-17-5-3-2-4-6-17/h2-10,19,24H,11-15H2,1H3. The Balaban J connectivity index is 1.66. The van der Waals surface area contributed by atoms with E-state index >= 15 is 0 Å². The van der Waals surface area contributed by atoms with Crippen molar-refractivity contribution in [1.82, 2.24) is 9.80 Å². The number of hydrogen-bond acceptors (Lipinski definition) is 3. The highest BCUT2D eigenvalue weighted by Gasteiger charge is 2.29. The van der Waals surface area contributed by atoms with Crippen molar-refractivity contribution in [1.29, 1.82) is 0 Å². The minimum Gasteiger partial charge on any atom is -0.389 e. The Bertz CT molecular complexity index is 759. The van der Waals surface area contributed by atoms with E-state index in [0.29, 0.717) is 12.1 Å². The first-order chi connectivity index (χ1) is 12.5. The van der Waals surface area contributed by atoms with Gasteiger partial charge in [0, 0.05) is 25.2 Å². The fourth-order valence-corrected chi connectivity index (χ4v) is 3.15. The van der Waals surface area contributed by atoms with Gasteiger partial charge in [-0.3, -0.25) is 9.59 Å². The number of aryl methyl sites for hydroxylation is 1. The second-order valence-corrected chi connectivity index (χ2v) is 6.78. The van der Waals surface area contributed by atoms with Crippen LogP contribution in [0.3, 0.4) is 0 Å². The molecule has 1 atom stereocenters. The number of rotatable bonds is 4. The van der Waals surface area contributed by atoms with Gasteiger partial charge >= 0.3 is 0 Å². The number of carbonyl (C=O) groups is 2. The average Bonchev–Trinajstić information content (AvgIpc) is 2.79. The third kappa shape index (κ3) is 4.49. The maximum atomic E-state index is 12.7. The Hall–Kier alpha value is -2.66. The van der Waals surface area contributed by atoms with Crippen molar-refractivity contribution in [2.75, 3.05) is 26.2 Å². The van der Waals surface area contributed by atoms with Gasteiger partial charge in [-0.1, -0.05) is 48.0 Å². The number of amides is 2. The summed E-state index contributed by atoms with van der Waals surface area (Å²) < 4.78 is 0. The molecule has 0 spiro atoms. The van der Waals surface area contributed by atoms with E-state index in [-0.39, 0.29) is 31.4 Å². The number of nitrogens with zero attached hydrogens (tertiary/aromatic N) is 2. The van der Waals surface area contributed by atoms with Gasteiger partial charge in [-0.05, 0) is 31.0 Å². The molecule has 0 aromatic heterocycles. The summed E-state index contributed by atoms with van der Waals surface area (Å²) in [6.07, 6.45) is -0.0165. The minimum atomic E-state index is -0.744. The van der Waals surface area contributed by atoms with Crippen LogP contribution in [-0.4, -0.2) is 59.0 Å². The maximum Gasteiger partial charge on any atom is 0.254 e. The van der Waals surface area contributed by atoms with Gasteiger partial charge in [-0.25, -0.2) is 0 Å². The van der Waals surface area contributed by atoms with E-state index in [0.717, 1.165) is 17.5 Å². The molecule has 1 fully saturated rings. The molecule has 2 aromatic rings. The van der Waals surface area contributed by atoms with Crippen LogP contribution in [-0.2, 0) is 11.2 Å². The topological polar surface area (TPSA) is 60.9 Å². The Kier molecular flexibility index (Phi) is 5.68. The van der Waals surface area contributed by atoms with E-state index in [1.165, 1.54) is 4.90 Å². The fraction of sp³-hybridized carbons (Fsp3) is 0.333. The van der Waals surface area contributed by atoms with E-state index in [1.807, 2.05) is 49.4 Å². The Morgan fingerprint density at radius 3 is 2.46 bits per heavy atom. The second-order valence-electron chi connectivity index (χ2n) is 6.78. The lowest BCUT2D eigenvalue weighted by molar-refractivity contribution is -0.131. The number of benzene rings is 2. The van der Waals surface area contributed by atoms with Gasteiger partial charge in [0.2, 0.25) is 5.91 Å². The average molecular weight is 352 g/mol. The van der Waals surface area contributed by atoms with Crippen LogP contribution in [0.15, 0.2) is 54.6 Å². The molecule has 1 aliphatic rings. The Morgan fingerprint density at radius 1 is 1.08 bits per heavy atom. The van der Waals surface area contributed by atoms with E-state index in [1.54, 1.807) is 17.0 Å². The van der Waals surface area contributed by atoms with Crippen LogP contribution in [0.25, 0.3) is 0 Å². The van der Waals surface area contributed by atoms with Crippen LogP contribution in [0.1, 0.15) is 21.5 Å². The van der Waals surface area contributed by atoms with Crippen molar-refractivity contribution >= 4 is 11.8 Å². The summed E-state index contributed by atoms with van der Waals surface area (Å²) in [6.45, 7) is 2.91. The predicted molar refractivity (Wildman–Crippen MR) is 99.8 cm³/mol. The van der Waals surface area contributed by atoms with Gasteiger partial charge in [0.15, 0.2) is 0 Å². The van der Waals surface area contributed by atoms with Crippen LogP contribution in [0.5, 0.6) is 0 Å².